The molecule has 0 N–H and O–H groups in total. The lowest BCUT2D eigenvalue weighted by Gasteiger charge is -2.35. The average molecular weight is 280 g/mol. The molecule has 1 atom stereocenters. The smallest absolute Gasteiger partial charge is 0.225 e. The highest BCUT2D eigenvalue weighted by atomic mass is 35.5. The van der Waals surface area contributed by atoms with E-state index >= 15 is 0 Å². The molecule has 3 rings (SSSR count). The van der Waals surface area contributed by atoms with Gasteiger partial charge in [-0.3, -0.25) is 0 Å². The quantitative estimate of drug-likeness (QED) is 0.803. The summed E-state index contributed by atoms with van der Waals surface area (Å²) >= 11 is 0. The van der Waals surface area contributed by atoms with Crippen molar-refractivity contribution in [1.29, 1.82) is 0 Å². The lowest BCUT2D eigenvalue weighted by molar-refractivity contribution is 0.589. The van der Waals surface area contributed by atoms with Crippen LogP contribution < -0.4 is 4.90 Å². The number of fused-ring (bicyclic) bond motifs is 1. The Morgan fingerprint density at radius 1 is 1.26 bits per heavy atom. The van der Waals surface area contributed by atoms with Crippen molar-refractivity contribution in [3.05, 3.63) is 53.6 Å². The molecule has 0 fully saturated rings. The molecule has 2 aromatic rings. The second kappa shape index (κ2) is 5.53. The van der Waals surface area contributed by atoms with Gasteiger partial charge in [-0.2, -0.15) is 0 Å². The van der Waals surface area contributed by atoms with Gasteiger partial charge in [-0.1, -0.05) is 6.07 Å². The molecule has 1 aliphatic heterocycles. The first-order valence-electron chi connectivity index (χ1n) is 6.07. The molecule has 0 bridgehead atoms. The molecule has 0 amide bonds. The highest BCUT2D eigenvalue weighted by molar-refractivity contribution is 5.85. The van der Waals surface area contributed by atoms with Crippen molar-refractivity contribution in [2.75, 3.05) is 11.4 Å². The van der Waals surface area contributed by atoms with Crippen molar-refractivity contribution in [3.8, 4) is 0 Å². The Balaban J connectivity index is 0.00000133. The maximum absolute atomic E-state index is 13.2. The van der Waals surface area contributed by atoms with Gasteiger partial charge in [-0.25, -0.2) is 14.4 Å². The fraction of sp³-hybridized carbons (Fsp3) is 0.286. The van der Waals surface area contributed by atoms with Crippen LogP contribution in [0.2, 0.25) is 0 Å². The Morgan fingerprint density at radius 2 is 2.00 bits per heavy atom. The first-order chi connectivity index (χ1) is 8.75. The van der Waals surface area contributed by atoms with E-state index < -0.39 is 0 Å². The second-order valence-corrected chi connectivity index (χ2v) is 4.51. The summed E-state index contributed by atoms with van der Waals surface area (Å²) in [6, 6.07) is 7.00. The van der Waals surface area contributed by atoms with Crippen LogP contribution in [0, 0.1) is 5.82 Å². The second-order valence-electron chi connectivity index (χ2n) is 4.51. The van der Waals surface area contributed by atoms with Crippen LogP contribution in [-0.4, -0.2) is 16.5 Å². The molecule has 2 heterocycles. The highest BCUT2D eigenvalue weighted by Gasteiger charge is 2.25. The molecule has 100 valence electrons. The Labute approximate surface area is 117 Å². The Hall–Kier alpha value is -1.68. The molecule has 1 aromatic heterocycles. The van der Waals surface area contributed by atoms with Crippen molar-refractivity contribution < 1.29 is 4.39 Å². The lowest BCUT2D eigenvalue weighted by atomic mass is 9.94. The van der Waals surface area contributed by atoms with Gasteiger partial charge in [0.05, 0.1) is 6.04 Å². The van der Waals surface area contributed by atoms with Crippen molar-refractivity contribution in [2.24, 2.45) is 0 Å². The highest BCUT2D eigenvalue weighted by Crippen LogP contribution is 2.31. The third-order valence-electron chi connectivity index (χ3n) is 3.45. The summed E-state index contributed by atoms with van der Waals surface area (Å²) in [7, 11) is 0. The number of halogens is 2. The lowest BCUT2D eigenvalue weighted by Crippen LogP contribution is -2.35. The largest absolute Gasteiger partial charge is 0.334 e. The van der Waals surface area contributed by atoms with Crippen LogP contribution in [-0.2, 0) is 6.42 Å². The van der Waals surface area contributed by atoms with E-state index in [4.69, 9.17) is 0 Å². The van der Waals surface area contributed by atoms with Gasteiger partial charge in [0.1, 0.15) is 5.82 Å². The SMILES string of the molecule is CC1c2ccc(F)cc2CCN1c1ncccn1.Cl. The molecule has 0 saturated carbocycles. The maximum atomic E-state index is 13.2. The van der Waals surface area contributed by atoms with E-state index in [2.05, 4.69) is 21.8 Å². The fourth-order valence-corrected chi connectivity index (χ4v) is 2.51. The minimum atomic E-state index is -0.162. The number of benzene rings is 1. The number of rotatable bonds is 1. The molecule has 3 nitrogen and oxygen atoms in total. The number of nitrogens with zero attached hydrogens (tertiary/aromatic N) is 3. The van der Waals surface area contributed by atoms with Gasteiger partial charge >= 0.3 is 0 Å². The van der Waals surface area contributed by atoms with Crippen LogP contribution in [0.25, 0.3) is 0 Å². The molecular formula is C14H15ClFN3. The van der Waals surface area contributed by atoms with Crippen molar-refractivity contribution in [2.45, 2.75) is 19.4 Å². The standard InChI is InChI=1S/C14H14FN3.ClH/c1-10-13-4-3-12(15)9-11(13)5-8-18(10)14-16-6-2-7-17-14;/h2-4,6-7,9-10H,5,8H2,1H3;1H. The van der Waals surface area contributed by atoms with E-state index in [-0.39, 0.29) is 24.3 Å². The van der Waals surface area contributed by atoms with Gasteiger partial charge in [-0.05, 0) is 42.7 Å². The monoisotopic (exact) mass is 279 g/mol. The Morgan fingerprint density at radius 3 is 2.74 bits per heavy atom. The minimum absolute atomic E-state index is 0. The third-order valence-corrected chi connectivity index (χ3v) is 3.45. The predicted molar refractivity (Wildman–Crippen MR) is 75.1 cm³/mol. The van der Waals surface area contributed by atoms with Gasteiger partial charge in [0.15, 0.2) is 0 Å². The first-order valence-corrected chi connectivity index (χ1v) is 6.07. The summed E-state index contributed by atoms with van der Waals surface area (Å²) in [6.07, 6.45) is 4.32. The van der Waals surface area contributed by atoms with E-state index in [0.717, 1.165) is 30.0 Å². The maximum Gasteiger partial charge on any atom is 0.225 e. The number of hydrogen-bond donors (Lipinski definition) is 0. The van der Waals surface area contributed by atoms with Crippen molar-refractivity contribution >= 4 is 18.4 Å². The molecular weight excluding hydrogens is 265 g/mol. The van der Waals surface area contributed by atoms with E-state index in [1.54, 1.807) is 24.5 Å². The van der Waals surface area contributed by atoms with E-state index in [1.165, 1.54) is 6.07 Å². The van der Waals surface area contributed by atoms with Crippen molar-refractivity contribution in [1.82, 2.24) is 9.97 Å². The molecule has 0 aliphatic carbocycles. The van der Waals surface area contributed by atoms with Gasteiger partial charge in [0, 0.05) is 18.9 Å². The predicted octanol–water partition coefficient (Wildman–Crippen LogP) is 3.16. The molecule has 19 heavy (non-hydrogen) atoms. The zero-order chi connectivity index (χ0) is 12.5. The number of hydrogen-bond acceptors (Lipinski definition) is 3. The molecule has 1 unspecified atom stereocenters. The summed E-state index contributed by atoms with van der Waals surface area (Å²) in [5, 5.41) is 0. The van der Waals surface area contributed by atoms with Gasteiger partial charge in [0.2, 0.25) is 5.95 Å². The van der Waals surface area contributed by atoms with Gasteiger partial charge < -0.3 is 4.90 Å². The normalized spacial score (nSPS) is 17.6. The first kappa shape index (κ1) is 13.7. The number of anilines is 1. The van der Waals surface area contributed by atoms with Crippen LogP contribution in [0.15, 0.2) is 36.7 Å². The summed E-state index contributed by atoms with van der Waals surface area (Å²) in [4.78, 5) is 10.7. The molecule has 5 heteroatoms. The van der Waals surface area contributed by atoms with Crippen LogP contribution in [0.5, 0.6) is 0 Å². The summed E-state index contributed by atoms with van der Waals surface area (Å²) in [6.45, 7) is 2.92. The number of aromatic nitrogens is 2. The molecule has 0 spiro atoms. The van der Waals surface area contributed by atoms with Gasteiger partial charge in [0.25, 0.3) is 0 Å². The fourth-order valence-electron chi connectivity index (χ4n) is 2.51. The van der Waals surface area contributed by atoms with Crippen molar-refractivity contribution in [3.63, 3.8) is 0 Å². The molecule has 0 radical (unpaired) electrons. The van der Waals surface area contributed by atoms with Crippen LogP contribution in [0.4, 0.5) is 10.3 Å². The van der Waals surface area contributed by atoms with Crippen LogP contribution >= 0.6 is 12.4 Å². The Bertz CT molecular complexity index is 562. The zero-order valence-electron chi connectivity index (χ0n) is 10.6. The zero-order valence-corrected chi connectivity index (χ0v) is 11.4. The van der Waals surface area contributed by atoms with E-state index in [0.29, 0.717) is 0 Å². The Kier molecular flexibility index (Phi) is 4.00. The summed E-state index contributed by atoms with van der Waals surface area (Å²) in [5.41, 5.74) is 2.25. The molecule has 1 aromatic carbocycles. The van der Waals surface area contributed by atoms with Crippen LogP contribution in [0.3, 0.4) is 0 Å². The van der Waals surface area contributed by atoms with Crippen LogP contribution in [0.1, 0.15) is 24.1 Å². The summed E-state index contributed by atoms with van der Waals surface area (Å²) < 4.78 is 13.2. The van der Waals surface area contributed by atoms with Gasteiger partial charge in [-0.15, -0.1) is 12.4 Å². The minimum Gasteiger partial charge on any atom is -0.334 e. The molecule has 1 aliphatic rings. The average Bonchev–Trinajstić information content (AvgIpc) is 2.40. The third kappa shape index (κ3) is 2.54. The summed E-state index contributed by atoms with van der Waals surface area (Å²) in [5.74, 6) is 0.574. The van der Waals surface area contributed by atoms with E-state index in [1.807, 2.05) is 6.07 Å². The van der Waals surface area contributed by atoms with E-state index in [9.17, 15) is 4.39 Å². The topological polar surface area (TPSA) is 29.0 Å². The molecule has 0 saturated heterocycles.